The minimum Gasteiger partial charge on any atom is -0.377 e. The van der Waals surface area contributed by atoms with Crippen LogP contribution in [0.1, 0.15) is 63.6 Å². The first-order valence-corrected chi connectivity index (χ1v) is 9.19. The first kappa shape index (κ1) is 18.9. The second-order valence-corrected chi connectivity index (χ2v) is 7.38. The molecule has 2 rings (SSSR count). The second kappa shape index (κ2) is 9.19. The van der Waals surface area contributed by atoms with Gasteiger partial charge in [-0.05, 0) is 35.8 Å². The monoisotopic (exact) mass is 332 g/mol. The van der Waals surface area contributed by atoms with Crippen molar-refractivity contribution < 1.29 is 9.53 Å². The predicted octanol–water partition coefficient (Wildman–Crippen LogP) is 3.39. The van der Waals surface area contributed by atoms with Crippen molar-refractivity contribution in [1.29, 1.82) is 0 Å². The Labute approximate surface area is 146 Å². The van der Waals surface area contributed by atoms with Crippen molar-refractivity contribution in [2.24, 2.45) is 5.92 Å². The summed E-state index contributed by atoms with van der Waals surface area (Å²) in [5.74, 6) is 0.907. The van der Waals surface area contributed by atoms with Crippen molar-refractivity contribution in [3.63, 3.8) is 0 Å². The number of hydrogen-bond donors (Lipinski definition) is 2. The Balaban J connectivity index is 1.86. The van der Waals surface area contributed by atoms with Gasteiger partial charge in [-0.2, -0.15) is 0 Å². The summed E-state index contributed by atoms with van der Waals surface area (Å²) < 4.78 is 5.56. The van der Waals surface area contributed by atoms with Gasteiger partial charge in [-0.1, -0.05) is 52.0 Å². The molecular formula is C20H32N2O2. The highest BCUT2D eigenvalue weighted by Gasteiger charge is 2.19. The van der Waals surface area contributed by atoms with Crippen LogP contribution in [0.5, 0.6) is 0 Å². The lowest BCUT2D eigenvalue weighted by Crippen LogP contribution is -2.40. The molecule has 24 heavy (non-hydrogen) atoms. The standard InChI is InChI=1S/C20H32N2O2/c1-14(2)16-7-9-17(10-8-16)20(15(3)4)22-19(23)13-21-12-18-6-5-11-24-18/h7-10,14-15,18,20-21H,5-6,11-13H2,1-4H3,(H,22,23). The molecule has 0 aliphatic carbocycles. The second-order valence-electron chi connectivity index (χ2n) is 7.38. The molecule has 2 unspecified atom stereocenters. The maximum absolute atomic E-state index is 12.3. The summed E-state index contributed by atoms with van der Waals surface area (Å²) >= 11 is 0. The third kappa shape index (κ3) is 5.60. The fourth-order valence-electron chi connectivity index (χ4n) is 3.10. The van der Waals surface area contributed by atoms with Crippen LogP contribution in [0.3, 0.4) is 0 Å². The Bertz CT molecular complexity index is 505. The van der Waals surface area contributed by atoms with Crippen molar-refractivity contribution in [1.82, 2.24) is 10.6 Å². The van der Waals surface area contributed by atoms with Crippen LogP contribution in [0.25, 0.3) is 0 Å². The largest absolute Gasteiger partial charge is 0.377 e. The maximum atomic E-state index is 12.3. The molecule has 1 aromatic rings. The highest BCUT2D eigenvalue weighted by molar-refractivity contribution is 5.78. The van der Waals surface area contributed by atoms with Crippen molar-refractivity contribution in [2.45, 2.75) is 58.6 Å². The third-order valence-corrected chi connectivity index (χ3v) is 4.63. The van der Waals surface area contributed by atoms with E-state index in [9.17, 15) is 4.79 Å². The number of rotatable bonds is 8. The highest BCUT2D eigenvalue weighted by atomic mass is 16.5. The molecule has 0 aromatic heterocycles. The lowest BCUT2D eigenvalue weighted by molar-refractivity contribution is -0.121. The molecule has 0 radical (unpaired) electrons. The molecule has 4 heteroatoms. The molecule has 1 heterocycles. The summed E-state index contributed by atoms with van der Waals surface area (Å²) in [5, 5.41) is 6.37. The maximum Gasteiger partial charge on any atom is 0.234 e. The first-order valence-electron chi connectivity index (χ1n) is 9.19. The first-order chi connectivity index (χ1) is 11.5. The fraction of sp³-hybridized carbons (Fsp3) is 0.650. The molecule has 2 atom stereocenters. The number of nitrogens with one attached hydrogen (secondary N) is 2. The van der Waals surface area contributed by atoms with E-state index in [-0.39, 0.29) is 18.1 Å². The van der Waals surface area contributed by atoms with Crippen molar-refractivity contribution in [3.05, 3.63) is 35.4 Å². The van der Waals surface area contributed by atoms with E-state index in [2.05, 4.69) is 62.6 Å². The number of carbonyl (C=O) groups is 1. The minimum atomic E-state index is 0.0413. The Morgan fingerprint density at radius 2 is 1.83 bits per heavy atom. The number of ether oxygens (including phenoxy) is 1. The summed E-state index contributed by atoms with van der Waals surface area (Å²) in [6.45, 7) is 10.6. The number of carbonyl (C=O) groups excluding carboxylic acids is 1. The van der Waals surface area contributed by atoms with E-state index in [0.29, 0.717) is 18.4 Å². The molecular weight excluding hydrogens is 300 g/mol. The van der Waals surface area contributed by atoms with Gasteiger partial charge in [0.25, 0.3) is 0 Å². The van der Waals surface area contributed by atoms with Gasteiger partial charge >= 0.3 is 0 Å². The lowest BCUT2D eigenvalue weighted by atomic mass is 9.93. The van der Waals surface area contributed by atoms with Crippen LogP contribution >= 0.6 is 0 Å². The Kier molecular flexibility index (Phi) is 7.25. The van der Waals surface area contributed by atoms with Gasteiger partial charge < -0.3 is 15.4 Å². The van der Waals surface area contributed by atoms with E-state index < -0.39 is 0 Å². The number of hydrogen-bond acceptors (Lipinski definition) is 3. The number of benzene rings is 1. The van der Waals surface area contributed by atoms with E-state index in [1.807, 2.05) is 0 Å². The van der Waals surface area contributed by atoms with Gasteiger partial charge in [-0.3, -0.25) is 4.79 Å². The Morgan fingerprint density at radius 3 is 2.38 bits per heavy atom. The zero-order chi connectivity index (χ0) is 17.5. The molecule has 1 aliphatic rings. The molecule has 1 aliphatic heterocycles. The van der Waals surface area contributed by atoms with Gasteiger partial charge in [-0.25, -0.2) is 0 Å². The molecule has 1 saturated heterocycles. The van der Waals surface area contributed by atoms with Gasteiger partial charge in [0.1, 0.15) is 0 Å². The van der Waals surface area contributed by atoms with E-state index >= 15 is 0 Å². The Hall–Kier alpha value is -1.39. The normalized spacial score (nSPS) is 19.0. The third-order valence-electron chi connectivity index (χ3n) is 4.63. The fourth-order valence-corrected chi connectivity index (χ4v) is 3.10. The van der Waals surface area contributed by atoms with E-state index in [1.165, 1.54) is 11.1 Å². The van der Waals surface area contributed by atoms with Gasteiger partial charge in [0.05, 0.1) is 18.7 Å². The lowest BCUT2D eigenvalue weighted by Gasteiger charge is -2.24. The minimum absolute atomic E-state index is 0.0413. The smallest absolute Gasteiger partial charge is 0.234 e. The van der Waals surface area contributed by atoms with Crippen LogP contribution < -0.4 is 10.6 Å². The number of amides is 1. The van der Waals surface area contributed by atoms with Crippen LogP contribution in [-0.2, 0) is 9.53 Å². The summed E-state index contributed by atoms with van der Waals surface area (Å²) in [5.41, 5.74) is 2.49. The van der Waals surface area contributed by atoms with E-state index in [1.54, 1.807) is 0 Å². The zero-order valence-electron chi connectivity index (χ0n) is 15.5. The molecule has 0 spiro atoms. The molecule has 0 saturated carbocycles. The molecule has 134 valence electrons. The summed E-state index contributed by atoms with van der Waals surface area (Å²) in [6, 6.07) is 8.65. The van der Waals surface area contributed by atoms with Crippen LogP contribution in [-0.4, -0.2) is 31.7 Å². The van der Waals surface area contributed by atoms with Gasteiger partial charge in [0, 0.05) is 13.2 Å². The molecule has 2 N–H and O–H groups in total. The quantitative estimate of drug-likeness (QED) is 0.767. The Morgan fingerprint density at radius 1 is 1.17 bits per heavy atom. The van der Waals surface area contributed by atoms with E-state index in [0.717, 1.165) is 26.0 Å². The van der Waals surface area contributed by atoms with E-state index in [4.69, 9.17) is 4.74 Å². The SMILES string of the molecule is CC(C)c1ccc(C(NC(=O)CNCC2CCCO2)C(C)C)cc1. The molecule has 4 nitrogen and oxygen atoms in total. The average molecular weight is 332 g/mol. The highest BCUT2D eigenvalue weighted by Crippen LogP contribution is 2.24. The van der Waals surface area contributed by atoms with Crippen LogP contribution in [0, 0.1) is 5.92 Å². The molecule has 1 fully saturated rings. The topological polar surface area (TPSA) is 50.4 Å². The average Bonchev–Trinajstić information content (AvgIpc) is 3.06. The van der Waals surface area contributed by atoms with Crippen LogP contribution in [0.15, 0.2) is 24.3 Å². The molecule has 0 bridgehead atoms. The van der Waals surface area contributed by atoms with Gasteiger partial charge in [-0.15, -0.1) is 0 Å². The predicted molar refractivity (Wildman–Crippen MR) is 98.1 cm³/mol. The molecule has 1 aromatic carbocycles. The van der Waals surface area contributed by atoms with Gasteiger partial charge in [0.2, 0.25) is 5.91 Å². The van der Waals surface area contributed by atoms with Gasteiger partial charge in [0.15, 0.2) is 0 Å². The van der Waals surface area contributed by atoms with Crippen LogP contribution in [0.4, 0.5) is 0 Å². The summed E-state index contributed by atoms with van der Waals surface area (Å²) in [4.78, 5) is 12.3. The molecule has 1 amide bonds. The summed E-state index contributed by atoms with van der Waals surface area (Å²) in [6.07, 6.45) is 2.48. The zero-order valence-corrected chi connectivity index (χ0v) is 15.5. The van der Waals surface area contributed by atoms with Crippen LogP contribution in [0.2, 0.25) is 0 Å². The van der Waals surface area contributed by atoms with Crippen molar-refractivity contribution >= 4 is 5.91 Å². The van der Waals surface area contributed by atoms with Crippen molar-refractivity contribution in [2.75, 3.05) is 19.7 Å². The summed E-state index contributed by atoms with van der Waals surface area (Å²) in [7, 11) is 0. The van der Waals surface area contributed by atoms with Crippen molar-refractivity contribution in [3.8, 4) is 0 Å².